The molecule has 0 amide bonds. The number of anilines is 1. The highest BCUT2D eigenvalue weighted by atomic mass is 16.5. The van der Waals surface area contributed by atoms with Gasteiger partial charge < -0.3 is 15.2 Å². The minimum atomic E-state index is 0.0204. The molecule has 0 aliphatic carbocycles. The highest BCUT2D eigenvalue weighted by molar-refractivity contribution is 5.60. The molecule has 1 aromatic heterocycles. The van der Waals surface area contributed by atoms with Crippen LogP contribution in [0.5, 0.6) is 5.75 Å². The standard InChI is InChI=1S/C20H20N2O2/c23-12-13-24-19-9-7-18(8-10-19)22-15-16-4-3-5-17(14-16)20-6-1-2-11-21-20/h1-11,14,22-23H,12-13,15H2. The van der Waals surface area contributed by atoms with Crippen molar-refractivity contribution < 1.29 is 9.84 Å². The quantitative estimate of drug-likeness (QED) is 0.696. The van der Waals surface area contributed by atoms with E-state index < -0.39 is 0 Å². The number of rotatable bonds is 7. The van der Waals surface area contributed by atoms with Gasteiger partial charge in [0.25, 0.3) is 0 Å². The lowest BCUT2D eigenvalue weighted by Crippen LogP contribution is -2.02. The highest BCUT2D eigenvalue weighted by Gasteiger charge is 2.01. The van der Waals surface area contributed by atoms with E-state index in [1.54, 1.807) is 6.20 Å². The minimum Gasteiger partial charge on any atom is -0.491 e. The predicted octanol–water partition coefficient (Wildman–Crippen LogP) is 3.73. The maximum absolute atomic E-state index is 8.76. The number of nitrogens with zero attached hydrogens (tertiary/aromatic N) is 1. The molecule has 0 atom stereocenters. The van der Waals surface area contributed by atoms with Crippen molar-refractivity contribution in [3.63, 3.8) is 0 Å². The maximum atomic E-state index is 8.76. The molecule has 0 bridgehead atoms. The van der Waals surface area contributed by atoms with Crippen molar-refractivity contribution in [1.82, 2.24) is 4.98 Å². The summed E-state index contributed by atoms with van der Waals surface area (Å²) in [4.78, 5) is 4.39. The lowest BCUT2D eigenvalue weighted by atomic mass is 10.1. The first-order valence-corrected chi connectivity index (χ1v) is 7.93. The number of nitrogens with one attached hydrogen (secondary N) is 1. The molecule has 1 heterocycles. The smallest absolute Gasteiger partial charge is 0.119 e. The van der Waals surface area contributed by atoms with Crippen LogP contribution in [0.1, 0.15) is 5.56 Å². The van der Waals surface area contributed by atoms with Crippen molar-refractivity contribution >= 4 is 5.69 Å². The maximum Gasteiger partial charge on any atom is 0.119 e. The van der Waals surface area contributed by atoms with Crippen LogP contribution < -0.4 is 10.1 Å². The molecule has 2 aromatic carbocycles. The Morgan fingerprint density at radius 3 is 2.58 bits per heavy atom. The average molecular weight is 320 g/mol. The molecule has 3 aromatic rings. The summed E-state index contributed by atoms with van der Waals surface area (Å²) in [6.07, 6.45) is 1.81. The molecule has 122 valence electrons. The Morgan fingerprint density at radius 1 is 0.958 bits per heavy atom. The van der Waals surface area contributed by atoms with E-state index in [0.717, 1.165) is 29.2 Å². The van der Waals surface area contributed by atoms with E-state index in [9.17, 15) is 0 Å². The fourth-order valence-electron chi connectivity index (χ4n) is 2.41. The van der Waals surface area contributed by atoms with Crippen molar-refractivity contribution in [3.05, 3.63) is 78.5 Å². The summed E-state index contributed by atoms with van der Waals surface area (Å²) >= 11 is 0. The van der Waals surface area contributed by atoms with E-state index >= 15 is 0 Å². The van der Waals surface area contributed by atoms with Gasteiger partial charge in [0.15, 0.2) is 0 Å². The van der Waals surface area contributed by atoms with Gasteiger partial charge in [-0.25, -0.2) is 0 Å². The largest absolute Gasteiger partial charge is 0.491 e. The molecule has 0 saturated heterocycles. The van der Waals surface area contributed by atoms with Gasteiger partial charge in [0, 0.05) is 24.0 Å². The fraction of sp³-hybridized carbons (Fsp3) is 0.150. The third kappa shape index (κ3) is 4.33. The Bertz CT molecular complexity index is 758. The number of aromatic nitrogens is 1. The topological polar surface area (TPSA) is 54.4 Å². The van der Waals surface area contributed by atoms with Crippen LogP contribution in [0.15, 0.2) is 72.9 Å². The van der Waals surface area contributed by atoms with Crippen molar-refractivity contribution in [2.45, 2.75) is 6.54 Å². The van der Waals surface area contributed by atoms with E-state index in [1.807, 2.05) is 48.5 Å². The zero-order chi connectivity index (χ0) is 16.6. The Kier molecular flexibility index (Phi) is 5.43. The first kappa shape index (κ1) is 16.0. The number of aliphatic hydroxyl groups is 1. The summed E-state index contributed by atoms with van der Waals surface area (Å²) in [7, 11) is 0. The first-order valence-electron chi connectivity index (χ1n) is 7.93. The second-order valence-electron chi connectivity index (χ2n) is 5.37. The monoisotopic (exact) mass is 320 g/mol. The second kappa shape index (κ2) is 8.13. The number of hydrogen-bond donors (Lipinski definition) is 2. The van der Waals surface area contributed by atoms with E-state index in [1.165, 1.54) is 5.56 Å². The molecule has 24 heavy (non-hydrogen) atoms. The molecule has 0 aliphatic rings. The van der Waals surface area contributed by atoms with Crippen LogP contribution in [0.25, 0.3) is 11.3 Å². The third-order valence-electron chi connectivity index (χ3n) is 3.60. The van der Waals surface area contributed by atoms with Crippen LogP contribution in [0.4, 0.5) is 5.69 Å². The average Bonchev–Trinajstić information content (AvgIpc) is 2.66. The summed E-state index contributed by atoms with van der Waals surface area (Å²) in [5.41, 5.74) is 4.31. The number of ether oxygens (including phenoxy) is 1. The normalized spacial score (nSPS) is 10.4. The zero-order valence-corrected chi connectivity index (χ0v) is 13.4. The van der Waals surface area contributed by atoms with Crippen LogP contribution in [-0.2, 0) is 6.54 Å². The zero-order valence-electron chi connectivity index (χ0n) is 13.4. The number of benzene rings is 2. The van der Waals surface area contributed by atoms with E-state index in [-0.39, 0.29) is 6.61 Å². The first-order chi connectivity index (χ1) is 11.8. The van der Waals surface area contributed by atoms with Crippen LogP contribution in [0.2, 0.25) is 0 Å². The van der Waals surface area contributed by atoms with E-state index in [2.05, 4.69) is 28.5 Å². The van der Waals surface area contributed by atoms with Crippen LogP contribution in [0.3, 0.4) is 0 Å². The molecule has 0 unspecified atom stereocenters. The molecule has 0 radical (unpaired) electrons. The molecule has 4 nitrogen and oxygen atoms in total. The van der Waals surface area contributed by atoms with Gasteiger partial charge in [-0.15, -0.1) is 0 Å². The number of pyridine rings is 1. The fourth-order valence-corrected chi connectivity index (χ4v) is 2.41. The van der Waals surface area contributed by atoms with E-state index in [4.69, 9.17) is 9.84 Å². The minimum absolute atomic E-state index is 0.0204. The molecule has 0 aliphatic heterocycles. The molecular weight excluding hydrogens is 300 g/mol. The molecule has 0 saturated carbocycles. The van der Waals surface area contributed by atoms with Gasteiger partial charge in [-0.2, -0.15) is 0 Å². The summed E-state index contributed by atoms with van der Waals surface area (Å²) in [6.45, 7) is 1.07. The van der Waals surface area contributed by atoms with Gasteiger partial charge >= 0.3 is 0 Å². The van der Waals surface area contributed by atoms with Gasteiger partial charge in [-0.05, 0) is 48.0 Å². The van der Waals surface area contributed by atoms with Crippen LogP contribution >= 0.6 is 0 Å². The number of hydrogen-bond acceptors (Lipinski definition) is 4. The van der Waals surface area contributed by atoms with Crippen molar-refractivity contribution in [2.75, 3.05) is 18.5 Å². The Hall–Kier alpha value is -2.85. The van der Waals surface area contributed by atoms with Gasteiger partial charge in [-0.1, -0.05) is 24.3 Å². The molecule has 4 heteroatoms. The lowest BCUT2D eigenvalue weighted by Gasteiger charge is -2.09. The molecule has 2 N–H and O–H groups in total. The summed E-state index contributed by atoms with van der Waals surface area (Å²) < 4.78 is 5.35. The molecular formula is C20H20N2O2. The van der Waals surface area contributed by atoms with Gasteiger partial charge in [0.05, 0.1) is 12.3 Å². The van der Waals surface area contributed by atoms with Crippen molar-refractivity contribution in [3.8, 4) is 17.0 Å². The summed E-state index contributed by atoms with van der Waals surface area (Å²) in [6, 6.07) is 22.0. The molecule has 0 spiro atoms. The van der Waals surface area contributed by atoms with E-state index in [0.29, 0.717) is 6.61 Å². The van der Waals surface area contributed by atoms with Crippen molar-refractivity contribution in [2.24, 2.45) is 0 Å². The molecule has 0 fully saturated rings. The summed E-state index contributed by atoms with van der Waals surface area (Å²) in [5.74, 6) is 0.756. The Balaban J connectivity index is 1.62. The Labute approximate surface area is 141 Å². The van der Waals surface area contributed by atoms with Gasteiger partial charge in [-0.3, -0.25) is 4.98 Å². The van der Waals surface area contributed by atoms with Gasteiger partial charge in [0.1, 0.15) is 12.4 Å². The third-order valence-corrected chi connectivity index (χ3v) is 3.60. The predicted molar refractivity (Wildman–Crippen MR) is 96.0 cm³/mol. The molecule has 3 rings (SSSR count). The Morgan fingerprint density at radius 2 is 1.83 bits per heavy atom. The second-order valence-corrected chi connectivity index (χ2v) is 5.37. The highest BCUT2D eigenvalue weighted by Crippen LogP contribution is 2.20. The van der Waals surface area contributed by atoms with Crippen molar-refractivity contribution in [1.29, 1.82) is 0 Å². The van der Waals surface area contributed by atoms with Gasteiger partial charge in [0.2, 0.25) is 0 Å². The number of aliphatic hydroxyl groups excluding tert-OH is 1. The van der Waals surface area contributed by atoms with Crippen LogP contribution in [-0.4, -0.2) is 23.3 Å². The SMILES string of the molecule is OCCOc1ccc(NCc2cccc(-c3ccccn3)c2)cc1. The lowest BCUT2D eigenvalue weighted by molar-refractivity contribution is 0.201. The van der Waals surface area contributed by atoms with Crippen LogP contribution in [0, 0.1) is 0 Å². The summed E-state index contributed by atoms with van der Waals surface area (Å²) in [5, 5.41) is 12.2.